The molecule has 0 aliphatic carbocycles. The van der Waals surface area contributed by atoms with E-state index in [1.165, 1.54) is 5.56 Å². The highest BCUT2D eigenvalue weighted by atomic mass is 32.2. The minimum atomic E-state index is -0.711. The zero-order valence-electron chi connectivity index (χ0n) is 10.5. The van der Waals surface area contributed by atoms with Crippen LogP contribution in [0.15, 0.2) is 36.4 Å². The van der Waals surface area contributed by atoms with Crippen molar-refractivity contribution in [1.82, 2.24) is 0 Å². The zero-order chi connectivity index (χ0) is 12.5. The van der Waals surface area contributed by atoms with Crippen molar-refractivity contribution in [2.45, 2.75) is 24.9 Å². The largest absolute Gasteiger partial charge is 0.258 e. The molecule has 2 atom stereocenters. The maximum Gasteiger partial charge on any atom is 0.0835 e. The Morgan fingerprint density at radius 1 is 1.29 bits per heavy atom. The van der Waals surface area contributed by atoms with Crippen molar-refractivity contribution in [3.8, 4) is 0 Å². The van der Waals surface area contributed by atoms with Crippen LogP contribution in [0.2, 0.25) is 0 Å². The van der Waals surface area contributed by atoms with Gasteiger partial charge in [-0.1, -0.05) is 56.3 Å². The lowest BCUT2D eigenvalue weighted by molar-refractivity contribution is 0.681. The lowest BCUT2D eigenvalue weighted by atomic mass is 10.2. The molecule has 1 aromatic carbocycles. The van der Waals surface area contributed by atoms with Gasteiger partial charge in [0, 0.05) is 16.6 Å². The fourth-order valence-electron chi connectivity index (χ4n) is 1.50. The van der Waals surface area contributed by atoms with Crippen LogP contribution in [0.5, 0.6) is 0 Å². The first-order chi connectivity index (χ1) is 8.27. The van der Waals surface area contributed by atoms with Crippen LogP contribution in [0.3, 0.4) is 0 Å². The third kappa shape index (κ3) is 5.55. The van der Waals surface area contributed by atoms with Crippen LogP contribution in [0.25, 0.3) is 6.08 Å². The van der Waals surface area contributed by atoms with Gasteiger partial charge in [0.2, 0.25) is 0 Å². The summed E-state index contributed by atoms with van der Waals surface area (Å²) in [5.41, 5.74) is 1.20. The van der Waals surface area contributed by atoms with Crippen LogP contribution in [-0.4, -0.2) is 20.3 Å². The summed E-state index contributed by atoms with van der Waals surface area (Å²) >= 11 is 1.79. The van der Waals surface area contributed by atoms with Crippen LogP contribution in [0.4, 0.5) is 0 Å². The van der Waals surface area contributed by atoms with Gasteiger partial charge in [0.25, 0.3) is 0 Å². The summed E-state index contributed by atoms with van der Waals surface area (Å²) in [7, 11) is -0.711. The Bertz CT molecular complexity index is 360. The minimum absolute atomic E-state index is 0.241. The predicted octanol–water partition coefficient (Wildman–Crippen LogP) is 3.94. The molecule has 0 radical (unpaired) electrons. The summed E-state index contributed by atoms with van der Waals surface area (Å²) in [6.45, 7) is 4.10. The lowest BCUT2D eigenvalue weighted by Gasteiger charge is -2.11. The maximum absolute atomic E-state index is 11.8. The monoisotopic (exact) mass is 268 g/mol. The van der Waals surface area contributed by atoms with E-state index in [2.05, 4.69) is 31.2 Å². The molecular formula is C14H20OS2. The molecule has 2 unspecified atom stereocenters. The van der Waals surface area contributed by atoms with Crippen molar-refractivity contribution in [2.24, 2.45) is 0 Å². The number of rotatable bonds is 7. The lowest BCUT2D eigenvalue weighted by Crippen LogP contribution is -2.12. The number of hydrogen-bond donors (Lipinski definition) is 0. The van der Waals surface area contributed by atoms with Gasteiger partial charge in [0.15, 0.2) is 0 Å². The summed E-state index contributed by atoms with van der Waals surface area (Å²) in [5.74, 6) is 1.77. The van der Waals surface area contributed by atoms with Gasteiger partial charge >= 0.3 is 0 Å². The Labute approximate surface area is 111 Å². The summed E-state index contributed by atoms with van der Waals surface area (Å²) in [6, 6.07) is 10.2. The first-order valence-electron chi connectivity index (χ1n) is 5.98. The molecule has 0 aliphatic heterocycles. The van der Waals surface area contributed by atoms with E-state index in [0.29, 0.717) is 0 Å². The second-order valence-electron chi connectivity index (χ2n) is 3.60. The van der Waals surface area contributed by atoms with E-state index in [1.807, 2.05) is 25.1 Å². The highest BCUT2D eigenvalue weighted by Crippen LogP contribution is 2.19. The second kappa shape index (κ2) is 8.54. The van der Waals surface area contributed by atoms with Crippen LogP contribution >= 0.6 is 11.8 Å². The van der Waals surface area contributed by atoms with Crippen molar-refractivity contribution in [2.75, 3.05) is 11.5 Å². The molecule has 0 heterocycles. The predicted molar refractivity (Wildman–Crippen MR) is 80.7 cm³/mol. The molecule has 0 bridgehead atoms. The molecule has 0 N–H and O–H groups in total. The average molecular weight is 268 g/mol. The number of hydrogen-bond acceptors (Lipinski definition) is 2. The highest BCUT2D eigenvalue weighted by molar-refractivity contribution is 8.11. The van der Waals surface area contributed by atoms with Gasteiger partial charge in [-0.2, -0.15) is 0 Å². The van der Waals surface area contributed by atoms with Gasteiger partial charge in [-0.05, 0) is 17.7 Å². The van der Waals surface area contributed by atoms with Gasteiger partial charge < -0.3 is 0 Å². The molecule has 0 amide bonds. The van der Waals surface area contributed by atoms with E-state index in [-0.39, 0.29) is 4.58 Å². The first kappa shape index (κ1) is 14.5. The van der Waals surface area contributed by atoms with Gasteiger partial charge in [0.1, 0.15) is 0 Å². The van der Waals surface area contributed by atoms with Crippen molar-refractivity contribution >= 4 is 28.6 Å². The summed E-state index contributed by atoms with van der Waals surface area (Å²) in [5, 5.41) is 0. The van der Waals surface area contributed by atoms with Gasteiger partial charge in [-0.25, -0.2) is 0 Å². The molecule has 0 fully saturated rings. The SMILES string of the molecule is CCSC(C/C=C/c1ccccc1)S(=O)CC. The van der Waals surface area contributed by atoms with Crippen LogP contribution in [0, 0.1) is 0 Å². The topological polar surface area (TPSA) is 17.1 Å². The number of thioether (sulfide) groups is 1. The van der Waals surface area contributed by atoms with Crippen molar-refractivity contribution < 1.29 is 4.21 Å². The molecule has 17 heavy (non-hydrogen) atoms. The van der Waals surface area contributed by atoms with Gasteiger partial charge in [-0.15, -0.1) is 11.8 Å². The molecule has 0 spiro atoms. The van der Waals surface area contributed by atoms with E-state index in [4.69, 9.17) is 0 Å². The normalized spacial score (nSPS) is 14.9. The Hall–Kier alpha value is -0.540. The van der Waals surface area contributed by atoms with E-state index in [9.17, 15) is 4.21 Å². The molecule has 0 saturated carbocycles. The molecule has 0 aliphatic rings. The molecule has 1 nitrogen and oxygen atoms in total. The highest BCUT2D eigenvalue weighted by Gasteiger charge is 2.12. The second-order valence-corrected chi connectivity index (χ2v) is 7.29. The van der Waals surface area contributed by atoms with E-state index in [1.54, 1.807) is 11.8 Å². The van der Waals surface area contributed by atoms with Crippen LogP contribution in [-0.2, 0) is 10.8 Å². The average Bonchev–Trinajstić information content (AvgIpc) is 2.38. The first-order valence-corrected chi connectivity index (χ1v) is 8.41. The molecular weight excluding hydrogens is 248 g/mol. The van der Waals surface area contributed by atoms with E-state index in [0.717, 1.165) is 17.9 Å². The van der Waals surface area contributed by atoms with Gasteiger partial charge in [-0.3, -0.25) is 4.21 Å². The Morgan fingerprint density at radius 3 is 2.59 bits per heavy atom. The van der Waals surface area contributed by atoms with Crippen molar-refractivity contribution in [3.05, 3.63) is 42.0 Å². The molecule has 0 aromatic heterocycles. The fourth-order valence-corrected chi connectivity index (χ4v) is 4.24. The zero-order valence-corrected chi connectivity index (χ0v) is 12.1. The summed E-state index contributed by atoms with van der Waals surface area (Å²) < 4.78 is 12.0. The molecule has 1 rings (SSSR count). The summed E-state index contributed by atoms with van der Waals surface area (Å²) in [4.78, 5) is 0. The smallest absolute Gasteiger partial charge is 0.0835 e. The van der Waals surface area contributed by atoms with Crippen molar-refractivity contribution in [3.63, 3.8) is 0 Å². The molecule has 94 valence electrons. The quantitative estimate of drug-likeness (QED) is 0.745. The minimum Gasteiger partial charge on any atom is -0.258 e. The van der Waals surface area contributed by atoms with Crippen LogP contribution < -0.4 is 0 Å². The number of benzene rings is 1. The maximum atomic E-state index is 11.8. The van der Waals surface area contributed by atoms with Crippen LogP contribution in [0.1, 0.15) is 25.8 Å². The number of allylic oxidation sites excluding steroid dienone is 1. The molecule has 0 saturated heterocycles. The van der Waals surface area contributed by atoms with Gasteiger partial charge in [0.05, 0.1) is 4.58 Å². The third-order valence-electron chi connectivity index (χ3n) is 2.37. The van der Waals surface area contributed by atoms with Crippen molar-refractivity contribution in [1.29, 1.82) is 0 Å². The summed E-state index contributed by atoms with van der Waals surface area (Å²) in [6.07, 6.45) is 5.13. The Balaban J connectivity index is 2.51. The van der Waals surface area contributed by atoms with E-state index >= 15 is 0 Å². The molecule has 1 aromatic rings. The molecule has 3 heteroatoms. The third-order valence-corrected chi connectivity index (χ3v) is 5.67. The Kier molecular flexibility index (Phi) is 7.29. The van der Waals surface area contributed by atoms with E-state index < -0.39 is 10.8 Å². The Morgan fingerprint density at radius 2 is 2.00 bits per heavy atom. The fraction of sp³-hybridized carbons (Fsp3) is 0.429. The standard InChI is InChI=1S/C14H20OS2/c1-3-16-14(17(15)4-2)12-8-11-13-9-6-5-7-10-13/h5-11,14H,3-4,12H2,1-2H3/b11-8+.